The van der Waals surface area contributed by atoms with E-state index in [1.165, 1.54) is 0 Å². The summed E-state index contributed by atoms with van der Waals surface area (Å²) < 4.78 is 0. The maximum absolute atomic E-state index is 11.7. The van der Waals surface area contributed by atoms with Gasteiger partial charge in [-0.25, -0.2) is 4.79 Å². The van der Waals surface area contributed by atoms with Crippen LogP contribution >= 0.6 is 0 Å². The molecule has 0 spiro atoms. The Morgan fingerprint density at radius 2 is 2.06 bits per heavy atom. The van der Waals surface area contributed by atoms with Crippen LogP contribution < -0.4 is 5.32 Å². The normalized spacial score (nSPS) is 18.9. The van der Waals surface area contributed by atoms with Crippen LogP contribution in [-0.4, -0.2) is 23.0 Å². The summed E-state index contributed by atoms with van der Waals surface area (Å²) in [5.74, 6) is -0.597. The molecule has 1 fully saturated rings. The van der Waals surface area contributed by atoms with Crippen LogP contribution in [0.15, 0.2) is 0 Å². The van der Waals surface area contributed by atoms with Gasteiger partial charge in [0.25, 0.3) is 0 Å². The van der Waals surface area contributed by atoms with Crippen molar-refractivity contribution in [3.05, 3.63) is 0 Å². The molecule has 0 radical (unpaired) electrons. The molecule has 0 aliphatic heterocycles. The number of unbranched alkanes of at least 4 members (excludes halogenated alkanes) is 1. The SMILES string of the molecule is CCCCC(NC(=O)C(C)C1CC1)C(=O)O. The molecule has 16 heavy (non-hydrogen) atoms. The van der Waals surface area contributed by atoms with E-state index in [0.29, 0.717) is 12.3 Å². The van der Waals surface area contributed by atoms with E-state index in [-0.39, 0.29) is 11.8 Å². The molecular formula is C12H21NO3. The first-order chi connectivity index (χ1) is 7.56. The zero-order chi connectivity index (χ0) is 12.1. The number of nitrogens with one attached hydrogen (secondary N) is 1. The maximum Gasteiger partial charge on any atom is 0.326 e. The third-order valence-electron chi connectivity index (χ3n) is 3.20. The largest absolute Gasteiger partial charge is 0.480 e. The van der Waals surface area contributed by atoms with Crippen molar-refractivity contribution in [3.8, 4) is 0 Å². The van der Waals surface area contributed by atoms with Crippen molar-refractivity contribution in [1.82, 2.24) is 5.32 Å². The van der Waals surface area contributed by atoms with Gasteiger partial charge < -0.3 is 10.4 Å². The van der Waals surface area contributed by atoms with Gasteiger partial charge >= 0.3 is 5.97 Å². The number of hydrogen-bond donors (Lipinski definition) is 2. The quantitative estimate of drug-likeness (QED) is 0.697. The fourth-order valence-corrected chi connectivity index (χ4v) is 1.78. The lowest BCUT2D eigenvalue weighted by Gasteiger charge is -2.17. The van der Waals surface area contributed by atoms with Crippen LogP contribution in [0.4, 0.5) is 0 Å². The number of amides is 1. The van der Waals surface area contributed by atoms with Gasteiger partial charge in [-0.3, -0.25) is 4.79 Å². The summed E-state index contributed by atoms with van der Waals surface area (Å²) in [5, 5.41) is 11.6. The fraction of sp³-hybridized carbons (Fsp3) is 0.833. The van der Waals surface area contributed by atoms with Gasteiger partial charge in [-0.05, 0) is 25.2 Å². The van der Waals surface area contributed by atoms with Crippen LogP contribution in [0.5, 0.6) is 0 Å². The second-order valence-electron chi connectivity index (χ2n) is 4.67. The van der Waals surface area contributed by atoms with E-state index in [9.17, 15) is 9.59 Å². The van der Waals surface area contributed by atoms with Crippen LogP contribution in [0, 0.1) is 11.8 Å². The van der Waals surface area contributed by atoms with Crippen molar-refractivity contribution >= 4 is 11.9 Å². The number of hydrogen-bond acceptors (Lipinski definition) is 2. The molecule has 0 saturated heterocycles. The van der Waals surface area contributed by atoms with Gasteiger partial charge in [0.15, 0.2) is 0 Å². The van der Waals surface area contributed by atoms with Crippen molar-refractivity contribution in [3.63, 3.8) is 0 Å². The highest BCUT2D eigenvalue weighted by molar-refractivity contribution is 5.85. The molecule has 2 unspecified atom stereocenters. The van der Waals surface area contributed by atoms with Crippen molar-refractivity contribution < 1.29 is 14.7 Å². The van der Waals surface area contributed by atoms with Crippen LogP contribution in [0.25, 0.3) is 0 Å². The van der Waals surface area contributed by atoms with E-state index in [0.717, 1.165) is 25.7 Å². The highest BCUT2D eigenvalue weighted by atomic mass is 16.4. The topological polar surface area (TPSA) is 66.4 Å². The molecule has 1 aliphatic carbocycles. The van der Waals surface area contributed by atoms with Gasteiger partial charge in [-0.2, -0.15) is 0 Å². The minimum atomic E-state index is -0.926. The monoisotopic (exact) mass is 227 g/mol. The summed E-state index contributed by atoms with van der Waals surface area (Å²) in [6, 6.07) is -0.714. The van der Waals surface area contributed by atoms with E-state index in [1.807, 2.05) is 13.8 Å². The number of rotatable bonds is 7. The Morgan fingerprint density at radius 1 is 1.44 bits per heavy atom. The van der Waals surface area contributed by atoms with Crippen LogP contribution in [0.1, 0.15) is 46.0 Å². The molecule has 0 heterocycles. The Hall–Kier alpha value is -1.06. The Labute approximate surface area is 96.4 Å². The lowest BCUT2D eigenvalue weighted by molar-refractivity contribution is -0.142. The molecule has 0 aromatic rings. The third kappa shape index (κ3) is 3.83. The minimum Gasteiger partial charge on any atom is -0.480 e. The number of aliphatic carboxylic acids is 1. The second kappa shape index (κ2) is 5.87. The Kier molecular flexibility index (Phi) is 4.77. The second-order valence-corrected chi connectivity index (χ2v) is 4.67. The van der Waals surface area contributed by atoms with E-state index >= 15 is 0 Å². The van der Waals surface area contributed by atoms with Crippen molar-refractivity contribution in [1.29, 1.82) is 0 Å². The summed E-state index contributed by atoms with van der Waals surface area (Å²) in [4.78, 5) is 22.7. The average molecular weight is 227 g/mol. The Balaban J connectivity index is 2.40. The summed E-state index contributed by atoms with van der Waals surface area (Å²) >= 11 is 0. The molecule has 4 heteroatoms. The summed E-state index contributed by atoms with van der Waals surface area (Å²) in [7, 11) is 0. The summed E-state index contributed by atoms with van der Waals surface area (Å²) in [6.45, 7) is 3.89. The smallest absolute Gasteiger partial charge is 0.326 e. The predicted octanol–water partition coefficient (Wildman–Crippen LogP) is 1.79. The van der Waals surface area contributed by atoms with Crippen LogP contribution in [0.3, 0.4) is 0 Å². The zero-order valence-electron chi connectivity index (χ0n) is 10.0. The third-order valence-corrected chi connectivity index (χ3v) is 3.20. The average Bonchev–Trinajstić information content (AvgIpc) is 3.05. The molecule has 2 N–H and O–H groups in total. The van der Waals surface area contributed by atoms with E-state index in [1.54, 1.807) is 0 Å². The molecule has 92 valence electrons. The Bertz CT molecular complexity index is 261. The molecule has 1 saturated carbocycles. The molecular weight excluding hydrogens is 206 g/mol. The molecule has 0 aromatic heterocycles. The number of carbonyl (C=O) groups is 2. The lowest BCUT2D eigenvalue weighted by atomic mass is 10.0. The summed E-state index contributed by atoms with van der Waals surface area (Å²) in [6.07, 6.45) is 4.49. The van der Waals surface area contributed by atoms with Gasteiger partial charge in [0.2, 0.25) is 5.91 Å². The molecule has 2 atom stereocenters. The van der Waals surface area contributed by atoms with E-state index < -0.39 is 12.0 Å². The maximum atomic E-state index is 11.7. The lowest BCUT2D eigenvalue weighted by Crippen LogP contribution is -2.43. The molecule has 0 aromatic carbocycles. The first kappa shape index (κ1) is 13.0. The van der Waals surface area contributed by atoms with E-state index in [4.69, 9.17) is 5.11 Å². The number of carbonyl (C=O) groups excluding carboxylic acids is 1. The fourth-order valence-electron chi connectivity index (χ4n) is 1.78. The molecule has 1 amide bonds. The highest BCUT2D eigenvalue weighted by Gasteiger charge is 2.34. The van der Waals surface area contributed by atoms with Gasteiger partial charge in [0.05, 0.1) is 0 Å². The number of carboxylic acid groups (broad SMARTS) is 1. The molecule has 1 aliphatic rings. The van der Waals surface area contributed by atoms with Crippen molar-refractivity contribution in [2.24, 2.45) is 11.8 Å². The van der Waals surface area contributed by atoms with Gasteiger partial charge in [-0.1, -0.05) is 26.7 Å². The van der Waals surface area contributed by atoms with E-state index in [2.05, 4.69) is 5.32 Å². The van der Waals surface area contributed by atoms with Crippen LogP contribution in [-0.2, 0) is 9.59 Å². The Morgan fingerprint density at radius 3 is 2.50 bits per heavy atom. The molecule has 4 nitrogen and oxygen atoms in total. The van der Waals surface area contributed by atoms with Gasteiger partial charge in [0.1, 0.15) is 6.04 Å². The standard InChI is InChI=1S/C12H21NO3/c1-3-4-5-10(12(15)16)13-11(14)8(2)9-6-7-9/h8-10H,3-7H2,1-2H3,(H,13,14)(H,15,16). The molecule has 0 bridgehead atoms. The van der Waals surface area contributed by atoms with Gasteiger partial charge in [0, 0.05) is 5.92 Å². The van der Waals surface area contributed by atoms with Crippen molar-refractivity contribution in [2.75, 3.05) is 0 Å². The molecule has 1 rings (SSSR count). The predicted molar refractivity (Wildman–Crippen MR) is 61.0 cm³/mol. The van der Waals surface area contributed by atoms with Crippen molar-refractivity contribution in [2.45, 2.75) is 52.0 Å². The van der Waals surface area contributed by atoms with Gasteiger partial charge in [-0.15, -0.1) is 0 Å². The zero-order valence-corrected chi connectivity index (χ0v) is 10.0. The minimum absolute atomic E-state index is 0.0384. The summed E-state index contributed by atoms with van der Waals surface area (Å²) in [5.41, 5.74) is 0. The first-order valence-electron chi connectivity index (χ1n) is 6.09. The number of carboxylic acids is 1. The van der Waals surface area contributed by atoms with Crippen LogP contribution in [0.2, 0.25) is 0 Å². The first-order valence-corrected chi connectivity index (χ1v) is 6.09. The highest BCUT2D eigenvalue weighted by Crippen LogP contribution is 2.36.